The van der Waals surface area contributed by atoms with E-state index in [1.807, 2.05) is 24.3 Å². The van der Waals surface area contributed by atoms with Crippen molar-refractivity contribution >= 4 is 34.7 Å². The number of hydrogen-bond donors (Lipinski definition) is 1. The van der Waals surface area contributed by atoms with Crippen molar-refractivity contribution in [2.45, 2.75) is 6.54 Å². The van der Waals surface area contributed by atoms with Crippen LogP contribution in [0.5, 0.6) is 0 Å². The highest BCUT2D eigenvalue weighted by Crippen LogP contribution is 2.23. The van der Waals surface area contributed by atoms with Gasteiger partial charge in [0.25, 0.3) is 0 Å². The molecular formula is C23H22ClN7O. The molecule has 0 spiro atoms. The molecule has 0 radical (unpaired) electrons. The van der Waals surface area contributed by atoms with Gasteiger partial charge in [-0.05, 0) is 29.3 Å². The molecule has 4 aromatic rings. The van der Waals surface area contributed by atoms with Gasteiger partial charge in [0.2, 0.25) is 0 Å². The average Bonchev–Trinajstić information content (AvgIpc) is 3.26. The third-order valence-electron chi connectivity index (χ3n) is 5.29. The quantitative estimate of drug-likeness (QED) is 0.358. The average molecular weight is 448 g/mol. The standard InChI is InChI=1S/C23H22ClN7O/c24-19-2-1-3-20(12-19)31-23-21(14-28-31)22(25-16-26-23)29-27-13-17-4-6-18(7-5-17)15-30-8-10-32-11-9-30/h1-7,12-14,16H,8-11,15H2,(H,25,26,29). The molecule has 1 N–H and O–H groups in total. The maximum absolute atomic E-state index is 6.12. The summed E-state index contributed by atoms with van der Waals surface area (Å²) >= 11 is 6.12. The second kappa shape index (κ2) is 9.44. The largest absolute Gasteiger partial charge is 0.379 e. The Hall–Kier alpha value is -3.33. The minimum atomic E-state index is 0.587. The molecule has 1 saturated heterocycles. The Kier molecular flexibility index (Phi) is 6.06. The van der Waals surface area contributed by atoms with Gasteiger partial charge in [0, 0.05) is 24.7 Å². The monoisotopic (exact) mass is 447 g/mol. The van der Waals surface area contributed by atoms with Crippen molar-refractivity contribution in [3.63, 3.8) is 0 Å². The molecular weight excluding hydrogens is 426 g/mol. The van der Waals surface area contributed by atoms with Crippen LogP contribution in [0.25, 0.3) is 16.7 Å². The zero-order valence-corrected chi connectivity index (χ0v) is 18.1. The molecule has 0 saturated carbocycles. The van der Waals surface area contributed by atoms with Crippen molar-refractivity contribution in [1.82, 2.24) is 24.6 Å². The van der Waals surface area contributed by atoms with Gasteiger partial charge >= 0.3 is 0 Å². The molecule has 1 aliphatic heterocycles. The molecule has 2 aromatic carbocycles. The number of rotatable bonds is 6. The normalized spacial score (nSPS) is 14.9. The number of nitrogens with one attached hydrogen (secondary N) is 1. The highest BCUT2D eigenvalue weighted by Gasteiger charge is 2.12. The molecule has 2 aromatic heterocycles. The highest BCUT2D eigenvalue weighted by molar-refractivity contribution is 6.30. The lowest BCUT2D eigenvalue weighted by molar-refractivity contribution is 0.0342. The van der Waals surface area contributed by atoms with Crippen LogP contribution in [0.4, 0.5) is 5.82 Å². The summed E-state index contributed by atoms with van der Waals surface area (Å²) in [5.41, 5.74) is 6.80. The number of halogens is 1. The molecule has 32 heavy (non-hydrogen) atoms. The summed E-state index contributed by atoms with van der Waals surface area (Å²) in [6, 6.07) is 15.9. The Balaban J connectivity index is 1.28. The van der Waals surface area contributed by atoms with Gasteiger partial charge in [-0.2, -0.15) is 10.2 Å². The summed E-state index contributed by atoms with van der Waals surface area (Å²) in [4.78, 5) is 11.1. The Morgan fingerprint density at radius 3 is 2.75 bits per heavy atom. The van der Waals surface area contributed by atoms with Gasteiger partial charge in [-0.3, -0.25) is 10.3 Å². The molecule has 0 bridgehead atoms. The van der Waals surface area contributed by atoms with Crippen molar-refractivity contribution in [3.05, 3.63) is 77.2 Å². The number of hydrogen-bond acceptors (Lipinski definition) is 7. The zero-order chi connectivity index (χ0) is 21.8. The number of benzene rings is 2. The minimum absolute atomic E-state index is 0.587. The van der Waals surface area contributed by atoms with Crippen molar-refractivity contribution in [2.75, 3.05) is 31.7 Å². The summed E-state index contributed by atoms with van der Waals surface area (Å²) < 4.78 is 7.13. The van der Waals surface area contributed by atoms with E-state index < -0.39 is 0 Å². The number of aromatic nitrogens is 4. The first-order valence-electron chi connectivity index (χ1n) is 10.4. The van der Waals surface area contributed by atoms with Crippen LogP contribution in [0.15, 0.2) is 66.2 Å². The van der Waals surface area contributed by atoms with Gasteiger partial charge in [-0.25, -0.2) is 14.6 Å². The van der Waals surface area contributed by atoms with Crippen LogP contribution in [0.2, 0.25) is 5.02 Å². The van der Waals surface area contributed by atoms with Gasteiger partial charge in [0.1, 0.15) is 6.33 Å². The lowest BCUT2D eigenvalue weighted by atomic mass is 10.1. The van der Waals surface area contributed by atoms with E-state index >= 15 is 0 Å². The topological polar surface area (TPSA) is 80.5 Å². The summed E-state index contributed by atoms with van der Waals surface area (Å²) in [7, 11) is 0. The predicted molar refractivity (Wildman–Crippen MR) is 125 cm³/mol. The lowest BCUT2D eigenvalue weighted by Crippen LogP contribution is -2.35. The number of anilines is 1. The molecule has 3 heterocycles. The number of hydrazone groups is 1. The molecule has 162 valence electrons. The fourth-order valence-electron chi connectivity index (χ4n) is 3.62. The van der Waals surface area contributed by atoms with E-state index in [0.29, 0.717) is 16.5 Å². The maximum atomic E-state index is 6.12. The second-order valence-corrected chi connectivity index (χ2v) is 7.93. The van der Waals surface area contributed by atoms with Gasteiger partial charge in [0.15, 0.2) is 11.5 Å². The van der Waals surface area contributed by atoms with Crippen LogP contribution in [0, 0.1) is 0 Å². The fraction of sp³-hybridized carbons (Fsp3) is 0.217. The lowest BCUT2D eigenvalue weighted by Gasteiger charge is -2.26. The maximum Gasteiger partial charge on any atom is 0.168 e. The van der Waals surface area contributed by atoms with Crippen LogP contribution >= 0.6 is 11.6 Å². The van der Waals surface area contributed by atoms with Crippen LogP contribution in [-0.4, -0.2) is 57.2 Å². The summed E-state index contributed by atoms with van der Waals surface area (Å²) in [6.07, 6.45) is 4.98. The number of ether oxygens (including phenoxy) is 1. The molecule has 0 aliphatic carbocycles. The molecule has 0 amide bonds. The van der Waals surface area contributed by atoms with E-state index in [9.17, 15) is 0 Å². The Labute approximate surface area is 190 Å². The number of morpholine rings is 1. The fourth-order valence-corrected chi connectivity index (χ4v) is 3.81. The van der Waals surface area contributed by atoms with Crippen LogP contribution in [0.3, 0.4) is 0 Å². The van der Waals surface area contributed by atoms with Crippen molar-refractivity contribution < 1.29 is 4.74 Å². The van der Waals surface area contributed by atoms with E-state index in [1.165, 1.54) is 11.9 Å². The Morgan fingerprint density at radius 2 is 1.94 bits per heavy atom. The molecule has 0 unspecified atom stereocenters. The second-order valence-electron chi connectivity index (χ2n) is 7.50. The summed E-state index contributed by atoms with van der Waals surface area (Å²) in [5, 5.41) is 10.2. The Bertz CT molecular complexity index is 1230. The molecule has 1 fully saturated rings. The van der Waals surface area contributed by atoms with Crippen molar-refractivity contribution in [2.24, 2.45) is 5.10 Å². The van der Waals surface area contributed by atoms with E-state index in [0.717, 1.165) is 49.5 Å². The van der Waals surface area contributed by atoms with Crippen LogP contribution in [0.1, 0.15) is 11.1 Å². The first-order valence-corrected chi connectivity index (χ1v) is 10.8. The zero-order valence-electron chi connectivity index (χ0n) is 17.4. The molecule has 8 nitrogen and oxygen atoms in total. The third-order valence-corrected chi connectivity index (χ3v) is 5.53. The van der Waals surface area contributed by atoms with E-state index in [4.69, 9.17) is 16.3 Å². The molecule has 0 atom stereocenters. The van der Waals surface area contributed by atoms with Crippen LogP contribution in [-0.2, 0) is 11.3 Å². The van der Waals surface area contributed by atoms with Gasteiger partial charge in [-0.1, -0.05) is 41.9 Å². The van der Waals surface area contributed by atoms with Gasteiger partial charge in [-0.15, -0.1) is 0 Å². The predicted octanol–water partition coefficient (Wildman–Crippen LogP) is 3.75. The van der Waals surface area contributed by atoms with E-state index in [2.05, 4.69) is 54.8 Å². The highest BCUT2D eigenvalue weighted by atomic mass is 35.5. The van der Waals surface area contributed by atoms with E-state index in [-0.39, 0.29) is 0 Å². The van der Waals surface area contributed by atoms with Crippen LogP contribution < -0.4 is 5.43 Å². The third kappa shape index (κ3) is 4.62. The van der Waals surface area contributed by atoms with Crippen molar-refractivity contribution in [1.29, 1.82) is 0 Å². The molecule has 5 rings (SSSR count). The number of fused-ring (bicyclic) bond motifs is 1. The van der Waals surface area contributed by atoms with Crippen molar-refractivity contribution in [3.8, 4) is 5.69 Å². The summed E-state index contributed by atoms with van der Waals surface area (Å²) in [6.45, 7) is 4.52. The van der Waals surface area contributed by atoms with Gasteiger partial charge < -0.3 is 4.74 Å². The SMILES string of the molecule is Clc1cccc(-n2ncc3c(NN=Cc4ccc(CN5CCOCC5)cc4)ncnc32)c1. The first-order chi connectivity index (χ1) is 15.8. The molecule has 1 aliphatic rings. The van der Waals surface area contributed by atoms with E-state index in [1.54, 1.807) is 17.1 Å². The first kappa shape index (κ1) is 20.6. The summed E-state index contributed by atoms with van der Waals surface area (Å²) in [5.74, 6) is 0.587. The molecule has 9 heteroatoms. The smallest absolute Gasteiger partial charge is 0.168 e. The number of nitrogens with zero attached hydrogens (tertiary/aromatic N) is 6. The minimum Gasteiger partial charge on any atom is -0.379 e. The van der Waals surface area contributed by atoms with Gasteiger partial charge in [0.05, 0.1) is 36.7 Å². The Morgan fingerprint density at radius 1 is 1.09 bits per heavy atom.